The van der Waals surface area contributed by atoms with Crippen molar-refractivity contribution in [2.24, 2.45) is 5.73 Å². The minimum Gasteiger partial charge on any atom is -0.439 e. The van der Waals surface area contributed by atoms with Crippen LogP contribution in [0.3, 0.4) is 0 Å². The number of hydrogen-bond donors (Lipinski definition) is 4. The van der Waals surface area contributed by atoms with Crippen molar-refractivity contribution in [3.63, 3.8) is 0 Å². The molecule has 1 aliphatic rings. The number of carbonyl (C=O) groups excluding carboxylic acids is 1. The van der Waals surface area contributed by atoms with Crippen LogP contribution in [0.5, 0.6) is 0 Å². The number of aliphatic hydroxyl groups is 2. The predicted molar refractivity (Wildman–Crippen MR) is 64.4 cm³/mol. The molecule has 1 aromatic heterocycles. The molecule has 0 spiro atoms. The molecule has 0 radical (unpaired) electrons. The van der Waals surface area contributed by atoms with E-state index in [9.17, 15) is 14.7 Å². The van der Waals surface area contributed by atoms with Gasteiger partial charge in [0.05, 0.1) is 6.61 Å². The zero-order valence-corrected chi connectivity index (χ0v) is 10.2. The molecule has 2 heterocycles. The minimum atomic E-state index is -1.33. The number of ether oxygens (including phenoxy) is 2. The zero-order chi connectivity index (χ0) is 14.9. The Morgan fingerprint density at radius 3 is 2.85 bits per heavy atom. The highest BCUT2D eigenvalue weighted by Gasteiger charge is 2.47. The number of nitrogens with two attached hydrogens (primary N) is 2. The Hall–Kier alpha value is -2.17. The molecule has 0 saturated carbocycles. The van der Waals surface area contributed by atoms with Crippen LogP contribution in [0.2, 0.25) is 0 Å². The monoisotopic (exact) mass is 286 g/mol. The van der Waals surface area contributed by atoms with E-state index in [4.69, 9.17) is 26.0 Å². The lowest BCUT2D eigenvalue weighted by molar-refractivity contribution is -0.0562. The highest BCUT2D eigenvalue weighted by molar-refractivity contribution is 5.65. The molecule has 4 atom stereocenters. The van der Waals surface area contributed by atoms with Gasteiger partial charge in [-0.05, 0) is 6.07 Å². The fourth-order valence-electron chi connectivity index (χ4n) is 1.97. The van der Waals surface area contributed by atoms with Crippen LogP contribution in [0.15, 0.2) is 17.1 Å². The number of carbonyl (C=O) groups is 1. The fraction of sp³-hybridized carbons (Fsp3) is 0.500. The standard InChI is InChI=1S/C10H14N4O6/c11-5-1-2-14(10(18)13-5)8-7(20-9(12)17)6(16)4(3-15)19-8/h1-2,4,6-8,15-16H,3H2,(H2,12,17)(H2,11,13,18)/t4-,6-,7-,8-/m1/s1. The number of aliphatic hydroxyl groups excluding tert-OH is 2. The van der Waals surface area contributed by atoms with Gasteiger partial charge in [0, 0.05) is 6.20 Å². The molecule has 110 valence electrons. The van der Waals surface area contributed by atoms with E-state index in [-0.39, 0.29) is 5.82 Å². The summed E-state index contributed by atoms with van der Waals surface area (Å²) in [5, 5.41) is 19.0. The number of amides is 1. The summed E-state index contributed by atoms with van der Waals surface area (Å²) in [5.41, 5.74) is 9.52. The third kappa shape index (κ3) is 2.57. The summed E-state index contributed by atoms with van der Waals surface area (Å²) in [6, 6.07) is 1.34. The molecule has 2 rings (SSSR count). The van der Waals surface area contributed by atoms with E-state index in [1.54, 1.807) is 0 Å². The zero-order valence-electron chi connectivity index (χ0n) is 10.2. The van der Waals surface area contributed by atoms with Crippen molar-refractivity contribution in [2.75, 3.05) is 12.3 Å². The highest BCUT2D eigenvalue weighted by atomic mass is 16.6. The van der Waals surface area contributed by atoms with Crippen LogP contribution in [0.4, 0.5) is 10.6 Å². The van der Waals surface area contributed by atoms with Crippen molar-refractivity contribution in [1.29, 1.82) is 0 Å². The largest absolute Gasteiger partial charge is 0.439 e. The maximum atomic E-state index is 11.7. The van der Waals surface area contributed by atoms with Gasteiger partial charge < -0.3 is 31.2 Å². The first-order chi connectivity index (χ1) is 9.43. The van der Waals surface area contributed by atoms with Gasteiger partial charge >= 0.3 is 11.8 Å². The number of primary amides is 1. The Bertz CT molecular complexity index is 561. The van der Waals surface area contributed by atoms with Crippen molar-refractivity contribution in [3.8, 4) is 0 Å². The third-order valence-electron chi connectivity index (χ3n) is 2.87. The van der Waals surface area contributed by atoms with E-state index < -0.39 is 42.9 Å². The SMILES string of the molecule is NC(=O)O[C@@H]1[C@H](O)[C@@H](CO)O[C@H]1n1ccc(N)nc1=O. The van der Waals surface area contributed by atoms with Gasteiger partial charge in [-0.3, -0.25) is 4.57 Å². The second-order valence-electron chi connectivity index (χ2n) is 4.18. The van der Waals surface area contributed by atoms with Gasteiger partial charge in [0.1, 0.15) is 18.0 Å². The molecule has 10 nitrogen and oxygen atoms in total. The van der Waals surface area contributed by atoms with Crippen LogP contribution >= 0.6 is 0 Å². The van der Waals surface area contributed by atoms with Gasteiger partial charge in [-0.25, -0.2) is 9.59 Å². The lowest BCUT2D eigenvalue weighted by Crippen LogP contribution is -2.40. The van der Waals surface area contributed by atoms with Gasteiger partial charge in [0.15, 0.2) is 12.3 Å². The van der Waals surface area contributed by atoms with Gasteiger partial charge in [-0.15, -0.1) is 0 Å². The average Bonchev–Trinajstić information content (AvgIpc) is 2.66. The van der Waals surface area contributed by atoms with Crippen molar-refractivity contribution >= 4 is 11.9 Å². The molecule has 20 heavy (non-hydrogen) atoms. The van der Waals surface area contributed by atoms with Crippen LogP contribution in [-0.4, -0.2) is 50.8 Å². The molecular formula is C10H14N4O6. The lowest BCUT2D eigenvalue weighted by atomic mass is 10.1. The third-order valence-corrected chi connectivity index (χ3v) is 2.87. The van der Waals surface area contributed by atoms with Crippen LogP contribution in [-0.2, 0) is 9.47 Å². The smallest absolute Gasteiger partial charge is 0.405 e. The van der Waals surface area contributed by atoms with Gasteiger partial charge in [0.25, 0.3) is 0 Å². The van der Waals surface area contributed by atoms with Crippen molar-refractivity contribution in [2.45, 2.75) is 24.5 Å². The fourth-order valence-corrected chi connectivity index (χ4v) is 1.97. The van der Waals surface area contributed by atoms with Gasteiger partial charge in [-0.2, -0.15) is 4.98 Å². The van der Waals surface area contributed by atoms with E-state index in [1.165, 1.54) is 12.3 Å². The number of anilines is 1. The Morgan fingerprint density at radius 1 is 1.60 bits per heavy atom. The van der Waals surface area contributed by atoms with Crippen LogP contribution in [0.25, 0.3) is 0 Å². The Morgan fingerprint density at radius 2 is 2.30 bits per heavy atom. The van der Waals surface area contributed by atoms with Crippen molar-refractivity contribution in [3.05, 3.63) is 22.7 Å². The summed E-state index contributed by atoms with van der Waals surface area (Å²) in [4.78, 5) is 26.1. The van der Waals surface area contributed by atoms with E-state index in [0.29, 0.717) is 0 Å². The Balaban J connectivity index is 2.36. The maximum Gasteiger partial charge on any atom is 0.405 e. The predicted octanol–water partition coefficient (Wildman–Crippen LogP) is -2.46. The molecular weight excluding hydrogens is 272 g/mol. The second-order valence-corrected chi connectivity index (χ2v) is 4.18. The lowest BCUT2D eigenvalue weighted by Gasteiger charge is -2.20. The number of nitrogen functional groups attached to an aromatic ring is 1. The highest BCUT2D eigenvalue weighted by Crippen LogP contribution is 2.30. The van der Waals surface area contributed by atoms with Gasteiger partial charge in [-0.1, -0.05) is 0 Å². The first-order valence-corrected chi connectivity index (χ1v) is 5.69. The molecule has 1 aromatic rings. The Kier molecular flexibility index (Phi) is 3.88. The van der Waals surface area contributed by atoms with Gasteiger partial charge in [0.2, 0.25) is 0 Å². The van der Waals surface area contributed by atoms with E-state index in [1.807, 2.05) is 0 Å². The average molecular weight is 286 g/mol. The molecule has 6 N–H and O–H groups in total. The van der Waals surface area contributed by atoms with Crippen molar-refractivity contribution in [1.82, 2.24) is 9.55 Å². The first kappa shape index (κ1) is 14.2. The molecule has 0 aliphatic carbocycles. The topological polar surface area (TPSA) is 163 Å². The number of aromatic nitrogens is 2. The van der Waals surface area contributed by atoms with E-state index >= 15 is 0 Å². The maximum absolute atomic E-state index is 11.7. The summed E-state index contributed by atoms with van der Waals surface area (Å²) in [7, 11) is 0. The van der Waals surface area contributed by atoms with Crippen LogP contribution in [0.1, 0.15) is 6.23 Å². The number of rotatable bonds is 3. The van der Waals surface area contributed by atoms with E-state index in [2.05, 4.69) is 4.98 Å². The number of hydrogen-bond acceptors (Lipinski definition) is 8. The quantitative estimate of drug-likeness (QED) is 0.475. The normalized spacial score (nSPS) is 29.3. The molecule has 1 amide bonds. The molecule has 1 fully saturated rings. The van der Waals surface area contributed by atoms with Crippen LogP contribution in [0, 0.1) is 0 Å². The molecule has 1 aliphatic heterocycles. The summed E-state index contributed by atoms with van der Waals surface area (Å²) >= 11 is 0. The minimum absolute atomic E-state index is 0.0101. The number of nitrogens with zero attached hydrogens (tertiary/aromatic N) is 2. The Labute approximate surface area is 112 Å². The summed E-state index contributed by atoms with van der Waals surface area (Å²) < 4.78 is 11.0. The van der Waals surface area contributed by atoms with E-state index in [0.717, 1.165) is 4.57 Å². The van der Waals surface area contributed by atoms with Crippen LogP contribution < -0.4 is 17.2 Å². The molecule has 10 heteroatoms. The summed E-state index contributed by atoms with van der Waals surface area (Å²) in [6.07, 6.45) is -4.62. The molecule has 0 unspecified atom stereocenters. The molecule has 0 aromatic carbocycles. The molecule has 0 bridgehead atoms. The first-order valence-electron chi connectivity index (χ1n) is 5.69. The molecule has 1 saturated heterocycles. The van der Waals surface area contributed by atoms with Crippen molar-refractivity contribution < 1.29 is 24.5 Å². The summed E-state index contributed by atoms with van der Waals surface area (Å²) in [6.45, 7) is -0.520. The summed E-state index contributed by atoms with van der Waals surface area (Å²) in [5.74, 6) is 0.0101. The second kappa shape index (κ2) is 5.45.